The molecule has 2 amide bonds. The number of nitrogens with one attached hydrogen (secondary N) is 2. The van der Waals surface area contributed by atoms with E-state index in [9.17, 15) is 4.79 Å². The van der Waals surface area contributed by atoms with Crippen LogP contribution in [0, 0.1) is 6.92 Å². The second-order valence-electron chi connectivity index (χ2n) is 5.42. The molecule has 1 fully saturated rings. The molecule has 0 spiro atoms. The number of benzene rings is 1. The number of hydrogen-bond donors (Lipinski definition) is 2. The number of carbonyl (C=O) groups excluding carboxylic acids is 1. The van der Waals surface area contributed by atoms with Gasteiger partial charge in [-0.05, 0) is 31.9 Å². The largest absolute Gasteiger partial charge is 0.379 e. The fourth-order valence-corrected chi connectivity index (χ4v) is 2.49. The first-order valence-electron chi connectivity index (χ1n) is 7.49. The van der Waals surface area contributed by atoms with Crippen LogP contribution in [0.5, 0.6) is 0 Å². The van der Waals surface area contributed by atoms with Crippen molar-refractivity contribution in [2.45, 2.75) is 25.8 Å². The molecule has 2 aromatic rings. The first-order chi connectivity index (χ1) is 10.7. The van der Waals surface area contributed by atoms with E-state index >= 15 is 0 Å². The lowest BCUT2D eigenvalue weighted by Gasteiger charge is -2.23. The molecule has 3 rings (SSSR count). The molecule has 1 saturated heterocycles. The summed E-state index contributed by atoms with van der Waals surface area (Å²) in [6.45, 7) is 3.23. The molecule has 22 heavy (non-hydrogen) atoms. The first kappa shape index (κ1) is 14.6. The van der Waals surface area contributed by atoms with E-state index in [2.05, 4.69) is 15.7 Å². The highest BCUT2D eigenvalue weighted by Gasteiger charge is 2.17. The highest BCUT2D eigenvalue weighted by Crippen LogP contribution is 2.16. The molecule has 0 aliphatic carbocycles. The van der Waals surface area contributed by atoms with Crippen molar-refractivity contribution in [3.05, 3.63) is 42.2 Å². The number of aryl methyl sites for hydroxylation is 1. The number of para-hydroxylation sites is 1. The number of anilines is 1. The van der Waals surface area contributed by atoms with Crippen molar-refractivity contribution in [2.24, 2.45) is 0 Å². The average Bonchev–Trinajstić information content (AvgIpc) is 2.90. The van der Waals surface area contributed by atoms with Crippen LogP contribution >= 0.6 is 0 Å². The van der Waals surface area contributed by atoms with Gasteiger partial charge in [0.25, 0.3) is 0 Å². The molecule has 116 valence electrons. The summed E-state index contributed by atoms with van der Waals surface area (Å²) in [6.07, 6.45) is 3.76. The first-order valence-corrected chi connectivity index (χ1v) is 7.49. The van der Waals surface area contributed by atoms with Gasteiger partial charge in [-0.15, -0.1) is 0 Å². The number of rotatable bonds is 3. The summed E-state index contributed by atoms with van der Waals surface area (Å²) in [5.41, 5.74) is 2.44. The second kappa shape index (κ2) is 6.62. The summed E-state index contributed by atoms with van der Waals surface area (Å²) in [4.78, 5) is 12.1. The highest BCUT2D eigenvalue weighted by molar-refractivity contribution is 5.89. The molecule has 1 unspecified atom stereocenters. The zero-order valence-electron chi connectivity index (χ0n) is 12.6. The number of hydrogen-bond acceptors (Lipinski definition) is 3. The van der Waals surface area contributed by atoms with E-state index < -0.39 is 0 Å². The van der Waals surface area contributed by atoms with Crippen LogP contribution in [0.4, 0.5) is 10.5 Å². The van der Waals surface area contributed by atoms with Crippen molar-refractivity contribution in [3.63, 3.8) is 0 Å². The molecule has 1 aromatic heterocycles. The van der Waals surface area contributed by atoms with E-state index in [1.807, 2.05) is 43.5 Å². The van der Waals surface area contributed by atoms with Crippen LogP contribution in [0.3, 0.4) is 0 Å². The van der Waals surface area contributed by atoms with Gasteiger partial charge < -0.3 is 15.4 Å². The number of amides is 2. The third-order valence-corrected chi connectivity index (χ3v) is 3.66. The lowest BCUT2D eigenvalue weighted by Crippen LogP contribution is -2.42. The minimum absolute atomic E-state index is 0.0817. The maximum Gasteiger partial charge on any atom is 0.319 e. The van der Waals surface area contributed by atoms with Crippen molar-refractivity contribution >= 4 is 11.7 Å². The topological polar surface area (TPSA) is 68.2 Å². The van der Waals surface area contributed by atoms with Gasteiger partial charge in [0.05, 0.1) is 35.9 Å². The number of urea groups is 1. The van der Waals surface area contributed by atoms with Crippen molar-refractivity contribution in [1.29, 1.82) is 0 Å². The van der Waals surface area contributed by atoms with Crippen LogP contribution in [0.1, 0.15) is 18.5 Å². The predicted octanol–water partition coefficient (Wildman–Crippen LogP) is 2.48. The van der Waals surface area contributed by atoms with E-state index in [0.717, 1.165) is 30.8 Å². The summed E-state index contributed by atoms with van der Waals surface area (Å²) in [6, 6.07) is 9.67. The Morgan fingerprint density at radius 2 is 2.18 bits per heavy atom. The Bertz CT molecular complexity index is 633. The third-order valence-electron chi connectivity index (χ3n) is 3.66. The van der Waals surface area contributed by atoms with Gasteiger partial charge in [0.15, 0.2) is 0 Å². The molecular weight excluding hydrogens is 280 g/mol. The van der Waals surface area contributed by atoms with Crippen molar-refractivity contribution in [2.75, 3.05) is 18.5 Å². The third kappa shape index (κ3) is 3.46. The molecule has 2 N–H and O–H groups in total. The Labute approximate surface area is 129 Å². The molecule has 6 nitrogen and oxygen atoms in total. The maximum atomic E-state index is 12.1. The van der Waals surface area contributed by atoms with Crippen LogP contribution < -0.4 is 10.6 Å². The van der Waals surface area contributed by atoms with Gasteiger partial charge in [-0.25, -0.2) is 9.48 Å². The quantitative estimate of drug-likeness (QED) is 0.915. The molecule has 0 radical (unpaired) electrons. The lowest BCUT2D eigenvalue weighted by molar-refractivity contribution is 0.0739. The van der Waals surface area contributed by atoms with E-state index in [0.29, 0.717) is 12.3 Å². The Morgan fingerprint density at radius 1 is 1.36 bits per heavy atom. The summed E-state index contributed by atoms with van der Waals surface area (Å²) < 4.78 is 7.12. The molecule has 6 heteroatoms. The van der Waals surface area contributed by atoms with E-state index in [1.54, 1.807) is 4.68 Å². The second-order valence-corrected chi connectivity index (χ2v) is 5.42. The van der Waals surface area contributed by atoms with Gasteiger partial charge in [0.2, 0.25) is 0 Å². The summed E-state index contributed by atoms with van der Waals surface area (Å²) in [5, 5.41) is 10.2. The molecule has 1 aromatic carbocycles. The van der Waals surface area contributed by atoms with E-state index in [1.165, 1.54) is 0 Å². The van der Waals surface area contributed by atoms with Crippen LogP contribution in [0.2, 0.25) is 0 Å². The summed E-state index contributed by atoms with van der Waals surface area (Å²) in [7, 11) is 0. The molecule has 0 bridgehead atoms. The highest BCUT2D eigenvalue weighted by atomic mass is 16.5. The molecule has 1 aliphatic heterocycles. The summed E-state index contributed by atoms with van der Waals surface area (Å²) >= 11 is 0. The van der Waals surface area contributed by atoms with Crippen molar-refractivity contribution < 1.29 is 9.53 Å². The van der Waals surface area contributed by atoms with Gasteiger partial charge in [0, 0.05) is 6.61 Å². The van der Waals surface area contributed by atoms with Crippen LogP contribution in [-0.4, -0.2) is 35.1 Å². The fraction of sp³-hybridized carbons (Fsp3) is 0.375. The molecule has 1 atom stereocenters. The Morgan fingerprint density at radius 3 is 2.91 bits per heavy atom. The minimum Gasteiger partial charge on any atom is -0.379 e. The Balaban J connectivity index is 1.65. The maximum absolute atomic E-state index is 12.1. The SMILES string of the molecule is Cc1nn(-c2ccccc2)cc1NC(=O)NC1CCCOC1. The number of carbonyl (C=O) groups is 1. The zero-order valence-corrected chi connectivity index (χ0v) is 12.6. The lowest BCUT2D eigenvalue weighted by atomic mass is 10.1. The van der Waals surface area contributed by atoms with E-state index in [-0.39, 0.29) is 12.1 Å². The average molecular weight is 300 g/mol. The summed E-state index contributed by atoms with van der Waals surface area (Å²) in [5.74, 6) is 0. The standard InChI is InChI=1S/C16H20N4O2/c1-12-15(10-20(19-12)14-7-3-2-4-8-14)18-16(21)17-13-6-5-9-22-11-13/h2-4,7-8,10,13H,5-6,9,11H2,1H3,(H2,17,18,21). The smallest absolute Gasteiger partial charge is 0.319 e. The van der Waals surface area contributed by atoms with Gasteiger partial charge in [-0.2, -0.15) is 5.10 Å². The molecule has 0 saturated carbocycles. The number of ether oxygens (including phenoxy) is 1. The predicted molar refractivity (Wildman–Crippen MR) is 84.3 cm³/mol. The fourth-order valence-electron chi connectivity index (χ4n) is 2.49. The normalized spacial score (nSPS) is 18.0. The van der Waals surface area contributed by atoms with Crippen LogP contribution in [0.15, 0.2) is 36.5 Å². The minimum atomic E-state index is -0.216. The Hall–Kier alpha value is -2.34. The van der Waals surface area contributed by atoms with Crippen molar-refractivity contribution in [1.82, 2.24) is 15.1 Å². The van der Waals surface area contributed by atoms with Gasteiger partial charge >= 0.3 is 6.03 Å². The van der Waals surface area contributed by atoms with Crippen LogP contribution in [-0.2, 0) is 4.74 Å². The van der Waals surface area contributed by atoms with Gasteiger partial charge in [0.1, 0.15) is 0 Å². The van der Waals surface area contributed by atoms with E-state index in [4.69, 9.17) is 4.74 Å². The molecular formula is C16H20N4O2. The number of aromatic nitrogens is 2. The van der Waals surface area contributed by atoms with Crippen molar-refractivity contribution in [3.8, 4) is 5.69 Å². The number of nitrogens with zero attached hydrogens (tertiary/aromatic N) is 2. The molecule has 1 aliphatic rings. The van der Waals surface area contributed by atoms with Gasteiger partial charge in [-0.3, -0.25) is 0 Å². The monoisotopic (exact) mass is 300 g/mol. The molecule has 2 heterocycles. The van der Waals surface area contributed by atoms with Crippen LogP contribution in [0.25, 0.3) is 5.69 Å². The Kier molecular flexibility index (Phi) is 4.39. The van der Waals surface area contributed by atoms with Gasteiger partial charge in [-0.1, -0.05) is 18.2 Å². The zero-order chi connectivity index (χ0) is 15.4.